The number of nitrogens with zero attached hydrogens (tertiary/aromatic N) is 12. The van der Waals surface area contributed by atoms with Crippen molar-refractivity contribution < 1.29 is 42.8 Å². The normalized spacial score (nSPS) is 16.6. The van der Waals surface area contributed by atoms with Crippen LogP contribution in [0.25, 0.3) is 0 Å². The Labute approximate surface area is 574 Å². The fraction of sp³-hybridized carbons (Fsp3) is 0.822. The molecule has 96 heavy (non-hydrogen) atoms. The van der Waals surface area contributed by atoms with Gasteiger partial charge in [-0.15, -0.1) is 15.3 Å². The van der Waals surface area contributed by atoms with Crippen LogP contribution in [0.1, 0.15) is 310 Å². The first-order chi connectivity index (χ1) is 46.8. The molecule has 23 nitrogen and oxygen atoms in total. The Bertz CT molecular complexity index is 2810. The first-order valence-corrected chi connectivity index (χ1v) is 38.0. The average molecular weight is 1350 g/mol. The molecular weight excluding hydrogens is 1220 g/mol. The number of unbranched alkanes of at least 4 members (excludes halogenated alkanes) is 24. The number of likely N-dealkylation sites (N-methyl/N-ethyl adjacent to an activating group) is 1. The number of carbonyl (C=O) groups excluding carboxylic acids is 3. The zero-order valence-corrected chi connectivity index (χ0v) is 60.6. The second kappa shape index (κ2) is 49.0. The SMILES string of the molecule is CCCCCCCCC(CCCCCC)OC(=O)Cn1cc(CO[C@@H]2[C@H](OCc3cn(CC(=O)OC(CCCCCC)CCCCCCCC)nn3)[C@@H](CN(CC)CC)O[C@H]2n2ccc(=O)n(Cc3cn(CC(=O)OC(CCCCCC)CCCCCCCC)nn3)c2=O)nn1. The molecule has 0 amide bonds. The first-order valence-electron chi connectivity index (χ1n) is 38.0. The van der Waals surface area contributed by atoms with Gasteiger partial charge in [-0.25, -0.2) is 18.8 Å². The number of hydrogen-bond donors (Lipinski definition) is 0. The van der Waals surface area contributed by atoms with Gasteiger partial charge in [0.05, 0.1) is 38.3 Å². The second-order valence-electron chi connectivity index (χ2n) is 26.8. The Hall–Kier alpha value is -5.65. The Kier molecular flexibility index (Phi) is 41.3. The number of esters is 3. The molecule has 0 aromatic carbocycles. The van der Waals surface area contributed by atoms with Crippen molar-refractivity contribution in [2.24, 2.45) is 0 Å². The summed E-state index contributed by atoms with van der Waals surface area (Å²) in [5.41, 5.74) is -0.144. The Balaban J connectivity index is 1.38. The summed E-state index contributed by atoms with van der Waals surface area (Å²) in [6.07, 6.45) is 41.0. The van der Waals surface area contributed by atoms with Gasteiger partial charge in [-0.2, -0.15) is 0 Å². The van der Waals surface area contributed by atoms with Crippen LogP contribution in [0, 0.1) is 0 Å². The van der Waals surface area contributed by atoms with Crippen molar-refractivity contribution in [3.05, 3.63) is 68.8 Å². The van der Waals surface area contributed by atoms with Crippen molar-refractivity contribution in [3.63, 3.8) is 0 Å². The van der Waals surface area contributed by atoms with Gasteiger partial charge in [0.25, 0.3) is 5.56 Å². The number of hydrogen-bond acceptors (Lipinski definition) is 18. The number of rotatable bonds is 58. The Morgan fingerprint density at radius 3 is 1.17 bits per heavy atom. The largest absolute Gasteiger partial charge is 0.461 e. The molecule has 5 heterocycles. The summed E-state index contributed by atoms with van der Waals surface area (Å²) in [5, 5.41) is 25.9. The molecular formula is C73H126N12O11. The first kappa shape index (κ1) is 81.0. The van der Waals surface area contributed by atoms with E-state index in [-0.39, 0.29) is 75.3 Å². The van der Waals surface area contributed by atoms with E-state index in [9.17, 15) is 24.0 Å². The van der Waals surface area contributed by atoms with Gasteiger partial charge in [0.15, 0.2) is 6.23 Å². The summed E-state index contributed by atoms with van der Waals surface area (Å²) in [5.74, 6) is -1.17. The molecule has 1 aliphatic rings. The minimum atomic E-state index is -1.14. The molecule has 0 saturated carbocycles. The summed E-state index contributed by atoms with van der Waals surface area (Å²) in [4.78, 5) is 71.5. The van der Waals surface area contributed by atoms with E-state index in [1.54, 1.807) is 18.6 Å². The molecule has 1 aliphatic heterocycles. The van der Waals surface area contributed by atoms with Crippen LogP contribution in [-0.2, 0) is 82.2 Å². The van der Waals surface area contributed by atoms with Gasteiger partial charge in [0.2, 0.25) is 0 Å². The van der Waals surface area contributed by atoms with E-state index in [4.69, 9.17) is 28.4 Å². The van der Waals surface area contributed by atoms with Gasteiger partial charge in [0.1, 0.15) is 73.3 Å². The fourth-order valence-electron chi connectivity index (χ4n) is 12.7. The van der Waals surface area contributed by atoms with E-state index in [0.717, 1.165) is 159 Å². The summed E-state index contributed by atoms with van der Waals surface area (Å²) < 4.78 is 45.5. The van der Waals surface area contributed by atoms with Crippen molar-refractivity contribution in [1.29, 1.82) is 0 Å². The molecule has 5 rings (SSSR count). The maximum atomic E-state index is 14.9. The number of ether oxygens (including phenoxy) is 6. The lowest BCUT2D eigenvalue weighted by molar-refractivity contribution is -0.151. The molecule has 23 heteroatoms. The van der Waals surface area contributed by atoms with Crippen LogP contribution in [0.3, 0.4) is 0 Å². The van der Waals surface area contributed by atoms with E-state index < -0.39 is 41.8 Å². The van der Waals surface area contributed by atoms with Crippen molar-refractivity contribution >= 4 is 17.9 Å². The highest BCUT2D eigenvalue weighted by atomic mass is 16.6. The summed E-state index contributed by atoms with van der Waals surface area (Å²) in [7, 11) is 0. The summed E-state index contributed by atoms with van der Waals surface area (Å²) in [6, 6.07) is 1.29. The van der Waals surface area contributed by atoms with E-state index >= 15 is 0 Å². The predicted molar refractivity (Wildman–Crippen MR) is 373 cm³/mol. The molecule has 3 unspecified atom stereocenters. The molecule has 0 aliphatic carbocycles. The molecule has 544 valence electrons. The quantitative estimate of drug-likeness (QED) is 0.0226. The molecule has 1 saturated heterocycles. The third-order valence-corrected chi connectivity index (χ3v) is 18.5. The van der Waals surface area contributed by atoms with Gasteiger partial charge >= 0.3 is 23.6 Å². The predicted octanol–water partition coefficient (Wildman–Crippen LogP) is 14.1. The lowest BCUT2D eigenvalue weighted by Gasteiger charge is -2.27. The molecule has 0 N–H and O–H groups in total. The highest BCUT2D eigenvalue weighted by molar-refractivity contribution is 5.70. The fourth-order valence-corrected chi connectivity index (χ4v) is 12.7. The topological polar surface area (TPSA) is 246 Å². The zero-order chi connectivity index (χ0) is 69.0. The van der Waals surface area contributed by atoms with Gasteiger partial charge < -0.3 is 33.3 Å². The van der Waals surface area contributed by atoms with Gasteiger partial charge in [-0.05, 0) is 90.1 Å². The zero-order valence-electron chi connectivity index (χ0n) is 60.6. The van der Waals surface area contributed by atoms with Crippen molar-refractivity contribution in [2.75, 3.05) is 19.6 Å². The van der Waals surface area contributed by atoms with Gasteiger partial charge in [-0.3, -0.25) is 28.3 Å². The van der Waals surface area contributed by atoms with Crippen molar-refractivity contribution in [2.45, 2.75) is 369 Å². The minimum absolute atomic E-state index is 0.0599. The summed E-state index contributed by atoms with van der Waals surface area (Å²) >= 11 is 0. The molecule has 0 spiro atoms. The molecule has 0 bridgehead atoms. The van der Waals surface area contributed by atoms with Crippen LogP contribution >= 0.6 is 0 Å². The monoisotopic (exact) mass is 1350 g/mol. The van der Waals surface area contributed by atoms with Gasteiger partial charge in [0, 0.05) is 18.8 Å². The van der Waals surface area contributed by atoms with E-state index in [1.165, 1.54) is 108 Å². The lowest BCUT2D eigenvalue weighted by Crippen LogP contribution is -2.44. The molecule has 1 fully saturated rings. The average Bonchev–Trinajstić information content (AvgIpc) is 1.58. The van der Waals surface area contributed by atoms with E-state index in [2.05, 4.69) is 91.2 Å². The van der Waals surface area contributed by atoms with Crippen molar-refractivity contribution in [3.8, 4) is 0 Å². The van der Waals surface area contributed by atoms with Crippen LogP contribution in [0.2, 0.25) is 0 Å². The third-order valence-electron chi connectivity index (χ3n) is 18.5. The van der Waals surface area contributed by atoms with Crippen LogP contribution in [0.5, 0.6) is 0 Å². The molecule has 4 aromatic heterocycles. The van der Waals surface area contributed by atoms with E-state index in [1.807, 2.05) is 0 Å². The van der Waals surface area contributed by atoms with Crippen molar-refractivity contribution in [1.82, 2.24) is 59.0 Å². The molecule has 0 radical (unpaired) electrons. The smallest absolute Gasteiger partial charge is 0.333 e. The van der Waals surface area contributed by atoms with Crippen LogP contribution in [0.15, 0.2) is 40.4 Å². The molecule has 7 atom stereocenters. The van der Waals surface area contributed by atoms with Crippen LogP contribution in [0.4, 0.5) is 0 Å². The van der Waals surface area contributed by atoms with E-state index in [0.29, 0.717) is 31.0 Å². The Morgan fingerprint density at radius 1 is 0.458 bits per heavy atom. The number of aromatic nitrogens is 11. The molecule has 4 aromatic rings. The van der Waals surface area contributed by atoms with Gasteiger partial charge in [-0.1, -0.05) is 225 Å². The highest BCUT2D eigenvalue weighted by Crippen LogP contribution is 2.35. The van der Waals surface area contributed by atoms with Crippen LogP contribution < -0.4 is 11.2 Å². The third kappa shape index (κ3) is 31.5. The standard InChI is InChI=1S/C73H126N12O11/c1-9-17-23-29-32-38-44-62(41-35-26-20-12-4)93-67(87)54-81-49-59(74-77-81)52-85-66(86)47-48-84(73(85)90)72-71(92-58-61-51-83(79-76-61)56-69(89)95-64(43-37-28-22-14-6)46-40-34-31-25-19-11-3)70(65(96-72)53-80(15-7)16-8)91-57-60-50-82(78-75-60)55-68(88)94-63(42-36-27-21-13-5)45-39-33-30-24-18-10-2/h47-51,62-65,70-72H,9-46,52-58H2,1-8H3/t62?,63?,64?,65-,70-,71-,72-/m1/s1. The maximum absolute atomic E-state index is 14.9. The van der Waals surface area contributed by atoms with Crippen LogP contribution in [-0.4, -0.2) is 133 Å². The highest BCUT2D eigenvalue weighted by Gasteiger charge is 2.48. The summed E-state index contributed by atoms with van der Waals surface area (Å²) in [6.45, 7) is 18.2. The lowest BCUT2D eigenvalue weighted by atomic mass is 10.0. The number of carbonyl (C=O) groups is 3. The second-order valence-corrected chi connectivity index (χ2v) is 26.8. The maximum Gasteiger partial charge on any atom is 0.333 e. The Morgan fingerprint density at radius 2 is 0.792 bits per heavy atom. The minimum Gasteiger partial charge on any atom is -0.461 e.